The van der Waals surface area contributed by atoms with Gasteiger partial charge in [0.2, 0.25) is 6.08 Å². The van der Waals surface area contributed by atoms with Crippen molar-refractivity contribution in [1.29, 1.82) is 0 Å². The van der Waals surface area contributed by atoms with Crippen molar-refractivity contribution >= 4 is 17.7 Å². The second-order valence-corrected chi connectivity index (χ2v) is 5.18. The predicted octanol–water partition coefficient (Wildman–Crippen LogP) is 3.76. The minimum Gasteiger partial charge on any atom is -0.495 e. The van der Waals surface area contributed by atoms with E-state index in [1.807, 2.05) is 19.1 Å². The number of carbonyl (C=O) groups excluding carboxylic acids is 1. The molecule has 3 nitrogen and oxygen atoms in total. The standard InChI is InChI=1S/C14H16ClNO2/c1-10-7-11(13(18-2)12(15)8-10)14(16-9-17)5-3-4-6-14/h7-8H,3-6H2,1-2H3. The molecule has 0 aliphatic heterocycles. The minimum atomic E-state index is -0.497. The Labute approximate surface area is 112 Å². The van der Waals surface area contributed by atoms with E-state index >= 15 is 0 Å². The van der Waals surface area contributed by atoms with Crippen LogP contribution >= 0.6 is 11.6 Å². The van der Waals surface area contributed by atoms with Crippen molar-refractivity contribution in [2.45, 2.75) is 38.1 Å². The summed E-state index contributed by atoms with van der Waals surface area (Å²) in [7, 11) is 1.59. The van der Waals surface area contributed by atoms with Crippen LogP contribution in [0.1, 0.15) is 36.8 Å². The van der Waals surface area contributed by atoms with Crippen molar-refractivity contribution in [3.8, 4) is 5.75 Å². The molecule has 0 atom stereocenters. The number of ether oxygens (including phenoxy) is 1. The molecule has 1 saturated carbocycles. The molecule has 1 aromatic rings. The van der Waals surface area contributed by atoms with Crippen LogP contribution in [0.2, 0.25) is 5.02 Å². The molecule has 0 bridgehead atoms. The first kappa shape index (κ1) is 13.1. The molecule has 1 aliphatic carbocycles. The van der Waals surface area contributed by atoms with Crippen LogP contribution in [0.3, 0.4) is 0 Å². The smallest absolute Gasteiger partial charge is 0.235 e. The van der Waals surface area contributed by atoms with Crippen LogP contribution in [0, 0.1) is 6.92 Å². The van der Waals surface area contributed by atoms with Gasteiger partial charge in [-0.15, -0.1) is 0 Å². The number of nitrogens with zero attached hydrogens (tertiary/aromatic N) is 1. The number of halogens is 1. The van der Waals surface area contributed by atoms with Crippen molar-refractivity contribution < 1.29 is 9.53 Å². The molecule has 1 aliphatic rings. The number of rotatable bonds is 3. The number of isocyanates is 1. The maximum absolute atomic E-state index is 10.7. The van der Waals surface area contributed by atoms with E-state index < -0.39 is 5.54 Å². The fraction of sp³-hybridized carbons (Fsp3) is 0.500. The zero-order valence-electron chi connectivity index (χ0n) is 10.6. The average molecular weight is 266 g/mol. The first-order chi connectivity index (χ1) is 8.63. The van der Waals surface area contributed by atoms with Crippen LogP contribution in [0.5, 0.6) is 5.75 Å². The summed E-state index contributed by atoms with van der Waals surface area (Å²) in [6, 6.07) is 3.87. The molecular weight excluding hydrogens is 250 g/mol. The Hall–Kier alpha value is -1.31. The van der Waals surface area contributed by atoms with Gasteiger partial charge in [-0.25, -0.2) is 4.79 Å². The highest BCUT2D eigenvalue weighted by atomic mass is 35.5. The molecule has 0 saturated heterocycles. The van der Waals surface area contributed by atoms with Crippen LogP contribution in [0.25, 0.3) is 0 Å². The summed E-state index contributed by atoms with van der Waals surface area (Å²) in [4.78, 5) is 14.8. The van der Waals surface area contributed by atoms with Gasteiger partial charge in [-0.3, -0.25) is 0 Å². The number of methoxy groups -OCH3 is 1. The number of hydrogen-bond acceptors (Lipinski definition) is 3. The van der Waals surface area contributed by atoms with Crippen LogP contribution < -0.4 is 4.74 Å². The Kier molecular flexibility index (Phi) is 3.74. The normalized spacial score (nSPS) is 17.3. The Balaban J connectivity index is 2.64. The van der Waals surface area contributed by atoms with Gasteiger partial charge in [0.05, 0.1) is 12.1 Å². The van der Waals surface area contributed by atoms with Gasteiger partial charge in [0.25, 0.3) is 0 Å². The van der Waals surface area contributed by atoms with Gasteiger partial charge in [-0.2, -0.15) is 4.99 Å². The molecule has 4 heteroatoms. The molecule has 0 aromatic heterocycles. The Morgan fingerprint density at radius 3 is 2.61 bits per heavy atom. The SMILES string of the molecule is COc1c(Cl)cc(C)cc1C1(N=C=O)CCCC1. The Bertz CT molecular complexity index is 501. The first-order valence-electron chi connectivity index (χ1n) is 6.06. The highest BCUT2D eigenvalue weighted by Gasteiger charge is 2.38. The van der Waals surface area contributed by atoms with Crippen LogP contribution in [-0.4, -0.2) is 13.2 Å². The summed E-state index contributed by atoms with van der Waals surface area (Å²) in [5.74, 6) is 0.628. The maximum Gasteiger partial charge on any atom is 0.235 e. The number of aryl methyl sites for hydroxylation is 1. The molecule has 0 radical (unpaired) electrons. The van der Waals surface area contributed by atoms with E-state index in [-0.39, 0.29) is 0 Å². The average Bonchev–Trinajstić information content (AvgIpc) is 2.78. The topological polar surface area (TPSA) is 38.7 Å². The highest BCUT2D eigenvalue weighted by molar-refractivity contribution is 6.32. The molecule has 0 heterocycles. The molecule has 1 fully saturated rings. The lowest BCUT2D eigenvalue weighted by molar-refractivity contribution is 0.379. The van der Waals surface area contributed by atoms with Gasteiger partial charge in [0.15, 0.2) is 0 Å². The van der Waals surface area contributed by atoms with Gasteiger partial charge in [0.1, 0.15) is 11.3 Å². The summed E-state index contributed by atoms with van der Waals surface area (Å²) in [5, 5.41) is 0.569. The summed E-state index contributed by atoms with van der Waals surface area (Å²) >= 11 is 6.21. The molecule has 0 unspecified atom stereocenters. The second kappa shape index (κ2) is 5.13. The monoisotopic (exact) mass is 265 g/mol. The van der Waals surface area contributed by atoms with Gasteiger partial charge in [-0.05, 0) is 37.5 Å². The fourth-order valence-electron chi connectivity index (χ4n) is 2.77. The van der Waals surface area contributed by atoms with Crippen molar-refractivity contribution in [1.82, 2.24) is 0 Å². The van der Waals surface area contributed by atoms with E-state index in [1.54, 1.807) is 13.2 Å². The van der Waals surface area contributed by atoms with E-state index in [9.17, 15) is 4.79 Å². The largest absolute Gasteiger partial charge is 0.495 e. The number of aliphatic imine (C=N–C) groups is 1. The predicted molar refractivity (Wildman–Crippen MR) is 71.0 cm³/mol. The molecule has 18 heavy (non-hydrogen) atoms. The molecular formula is C14H16ClNO2. The molecule has 0 spiro atoms. The van der Waals surface area contributed by atoms with Crippen molar-refractivity contribution in [3.05, 3.63) is 28.3 Å². The molecule has 1 aromatic carbocycles. The quantitative estimate of drug-likeness (QED) is 0.616. The van der Waals surface area contributed by atoms with Gasteiger partial charge in [0, 0.05) is 5.56 Å². The molecule has 96 valence electrons. The van der Waals surface area contributed by atoms with Crippen molar-refractivity contribution in [2.24, 2.45) is 4.99 Å². The maximum atomic E-state index is 10.7. The lowest BCUT2D eigenvalue weighted by Gasteiger charge is -2.26. The van der Waals surface area contributed by atoms with Crippen LogP contribution in [-0.2, 0) is 10.3 Å². The third-order valence-corrected chi connectivity index (χ3v) is 3.86. The van der Waals surface area contributed by atoms with Gasteiger partial charge in [-0.1, -0.05) is 24.4 Å². The van der Waals surface area contributed by atoms with Crippen molar-refractivity contribution in [2.75, 3.05) is 7.11 Å². The van der Waals surface area contributed by atoms with E-state index in [4.69, 9.17) is 16.3 Å². The summed E-state index contributed by atoms with van der Waals surface area (Å²) in [6.07, 6.45) is 5.52. The first-order valence-corrected chi connectivity index (χ1v) is 6.44. The molecule has 2 rings (SSSR count). The zero-order chi connectivity index (χ0) is 13.2. The Morgan fingerprint density at radius 2 is 2.06 bits per heavy atom. The number of hydrogen-bond donors (Lipinski definition) is 0. The third-order valence-electron chi connectivity index (χ3n) is 3.58. The van der Waals surface area contributed by atoms with E-state index in [1.165, 1.54) is 0 Å². The lowest BCUT2D eigenvalue weighted by Crippen LogP contribution is -2.20. The van der Waals surface area contributed by atoms with Crippen LogP contribution in [0.4, 0.5) is 0 Å². The minimum absolute atomic E-state index is 0.497. The Morgan fingerprint density at radius 1 is 1.39 bits per heavy atom. The number of benzene rings is 1. The third kappa shape index (κ3) is 2.16. The fourth-order valence-corrected chi connectivity index (χ4v) is 3.12. The van der Waals surface area contributed by atoms with E-state index in [2.05, 4.69) is 4.99 Å². The second-order valence-electron chi connectivity index (χ2n) is 4.77. The van der Waals surface area contributed by atoms with E-state index in [0.29, 0.717) is 10.8 Å². The summed E-state index contributed by atoms with van der Waals surface area (Å²) in [5.41, 5.74) is 1.46. The zero-order valence-corrected chi connectivity index (χ0v) is 11.4. The lowest BCUT2D eigenvalue weighted by atomic mass is 9.87. The molecule has 0 N–H and O–H groups in total. The highest BCUT2D eigenvalue weighted by Crippen LogP contribution is 2.47. The van der Waals surface area contributed by atoms with E-state index in [0.717, 1.165) is 36.8 Å². The van der Waals surface area contributed by atoms with Gasteiger partial charge >= 0.3 is 0 Å². The summed E-state index contributed by atoms with van der Waals surface area (Å²) in [6.45, 7) is 1.97. The summed E-state index contributed by atoms with van der Waals surface area (Å²) < 4.78 is 5.39. The van der Waals surface area contributed by atoms with Crippen molar-refractivity contribution in [3.63, 3.8) is 0 Å². The van der Waals surface area contributed by atoms with Crippen LogP contribution in [0.15, 0.2) is 17.1 Å². The van der Waals surface area contributed by atoms with Gasteiger partial charge < -0.3 is 4.74 Å². The molecule has 0 amide bonds.